The maximum absolute atomic E-state index is 4.71. The van der Waals surface area contributed by atoms with Crippen molar-refractivity contribution in [2.75, 3.05) is 0 Å². The number of aromatic nitrogens is 2. The SMILES string of the molecule is CC(C)(C)c1ccc(-c2ccc(Cc3ccc(C4CCCCC4)cc3)c3nccn23)cc1. The van der Waals surface area contributed by atoms with Gasteiger partial charge in [-0.3, -0.25) is 4.40 Å². The van der Waals surface area contributed by atoms with E-state index in [1.165, 1.54) is 65.6 Å². The van der Waals surface area contributed by atoms with E-state index in [0.29, 0.717) is 0 Å². The molecule has 2 heteroatoms. The molecule has 1 fully saturated rings. The van der Waals surface area contributed by atoms with E-state index in [-0.39, 0.29) is 5.41 Å². The van der Waals surface area contributed by atoms with Crippen LogP contribution in [0, 0.1) is 0 Å². The lowest BCUT2D eigenvalue weighted by atomic mass is 9.84. The van der Waals surface area contributed by atoms with Gasteiger partial charge in [0, 0.05) is 18.8 Å². The molecule has 0 radical (unpaired) electrons. The quantitative estimate of drug-likeness (QED) is 0.326. The Morgan fingerprint density at radius 1 is 0.844 bits per heavy atom. The van der Waals surface area contributed by atoms with Crippen LogP contribution in [0.1, 0.15) is 81.0 Å². The van der Waals surface area contributed by atoms with Crippen LogP contribution in [0.2, 0.25) is 0 Å². The lowest BCUT2D eigenvalue weighted by Crippen LogP contribution is -2.10. The molecule has 5 rings (SSSR count). The van der Waals surface area contributed by atoms with Crippen LogP contribution in [0.3, 0.4) is 0 Å². The predicted molar refractivity (Wildman–Crippen MR) is 134 cm³/mol. The molecule has 2 nitrogen and oxygen atoms in total. The van der Waals surface area contributed by atoms with E-state index in [1.54, 1.807) is 0 Å². The van der Waals surface area contributed by atoms with E-state index in [0.717, 1.165) is 18.0 Å². The van der Waals surface area contributed by atoms with Gasteiger partial charge >= 0.3 is 0 Å². The highest BCUT2D eigenvalue weighted by Crippen LogP contribution is 2.33. The number of rotatable bonds is 4. The number of hydrogen-bond acceptors (Lipinski definition) is 1. The second-order valence-corrected chi connectivity index (χ2v) is 10.4. The lowest BCUT2D eigenvalue weighted by molar-refractivity contribution is 0.443. The van der Waals surface area contributed by atoms with E-state index >= 15 is 0 Å². The summed E-state index contributed by atoms with van der Waals surface area (Å²) in [5.74, 6) is 0.765. The summed E-state index contributed by atoms with van der Waals surface area (Å²) < 4.78 is 2.23. The summed E-state index contributed by atoms with van der Waals surface area (Å²) in [5, 5.41) is 0. The molecular formula is C30H34N2. The summed E-state index contributed by atoms with van der Waals surface area (Å²) in [6, 6.07) is 22.8. The van der Waals surface area contributed by atoms with Crippen molar-refractivity contribution in [1.82, 2.24) is 9.38 Å². The Balaban J connectivity index is 1.40. The predicted octanol–water partition coefficient (Wildman–Crippen LogP) is 7.94. The van der Waals surface area contributed by atoms with Crippen LogP contribution in [0.15, 0.2) is 73.1 Å². The van der Waals surface area contributed by atoms with Gasteiger partial charge in [-0.05, 0) is 58.1 Å². The maximum atomic E-state index is 4.71. The normalized spacial score (nSPS) is 15.3. The van der Waals surface area contributed by atoms with Crippen molar-refractivity contribution < 1.29 is 0 Å². The molecule has 2 heterocycles. The Morgan fingerprint density at radius 2 is 1.56 bits per heavy atom. The highest BCUT2D eigenvalue weighted by molar-refractivity contribution is 5.66. The summed E-state index contributed by atoms with van der Waals surface area (Å²) in [6.07, 6.45) is 11.8. The topological polar surface area (TPSA) is 17.3 Å². The standard InChI is InChI=1S/C30H34N2/c1-30(2,3)27-16-13-25(14-17-27)28-18-15-26(29-31-19-20-32(28)29)21-22-9-11-24(12-10-22)23-7-5-4-6-8-23/h9-20,23H,4-8,21H2,1-3H3. The Kier molecular flexibility index (Phi) is 5.63. The Hall–Kier alpha value is -2.87. The summed E-state index contributed by atoms with van der Waals surface area (Å²) >= 11 is 0. The van der Waals surface area contributed by atoms with Gasteiger partial charge in [0.1, 0.15) is 5.65 Å². The minimum Gasteiger partial charge on any atom is -0.299 e. The molecule has 0 amide bonds. The third-order valence-electron chi connectivity index (χ3n) is 7.13. The van der Waals surface area contributed by atoms with E-state index in [9.17, 15) is 0 Å². The molecule has 1 aliphatic rings. The third kappa shape index (κ3) is 4.24. The van der Waals surface area contributed by atoms with Crippen LogP contribution < -0.4 is 0 Å². The smallest absolute Gasteiger partial charge is 0.140 e. The van der Waals surface area contributed by atoms with Crippen molar-refractivity contribution in [3.05, 3.63) is 95.3 Å². The van der Waals surface area contributed by atoms with Crippen molar-refractivity contribution in [3.63, 3.8) is 0 Å². The van der Waals surface area contributed by atoms with Crippen molar-refractivity contribution >= 4 is 5.65 Å². The number of pyridine rings is 1. The number of nitrogens with zero attached hydrogens (tertiary/aromatic N) is 2. The van der Waals surface area contributed by atoms with Gasteiger partial charge < -0.3 is 0 Å². The van der Waals surface area contributed by atoms with Gasteiger partial charge in [-0.25, -0.2) is 4.98 Å². The zero-order valence-electron chi connectivity index (χ0n) is 19.6. The van der Waals surface area contributed by atoms with Gasteiger partial charge in [0.25, 0.3) is 0 Å². The number of benzene rings is 2. The Labute approximate surface area is 192 Å². The van der Waals surface area contributed by atoms with E-state index in [1.807, 2.05) is 6.20 Å². The minimum atomic E-state index is 0.166. The molecule has 1 saturated carbocycles. The zero-order valence-corrected chi connectivity index (χ0v) is 19.6. The van der Waals surface area contributed by atoms with Gasteiger partial charge in [-0.15, -0.1) is 0 Å². The fourth-order valence-electron chi connectivity index (χ4n) is 5.15. The zero-order chi connectivity index (χ0) is 22.1. The monoisotopic (exact) mass is 422 g/mol. The molecule has 4 aromatic rings. The highest BCUT2D eigenvalue weighted by atomic mass is 15.0. The Bertz CT molecular complexity index is 1180. The summed E-state index contributed by atoms with van der Waals surface area (Å²) in [7, 11) is 0. The number of imidazole rings is 1. The van der Waals surface area contributed by atoms with Crippen LogP contribution in [0.4, 0.5) is 0 Å². The van der Waals surface area contributed by atoms with Gasteiger partial charge in [-0.1, -0.05) is 94.6 Å². The van der Waals surface area contributed by atoms with Gasteiger partial charge in [0.2, 0.25) is 0 Å². The molecule has 0 unspecified atom stereocenters. The van der Waals surface area contributed by atoms with Crippen LogP contribution in [0.25, 0.3) is 16.9 Å². The molecule has 1 aliphatic carbocycles. The van der Waals surface area contributed by atoms with Crippen molar-refractivity contribution in [1.29, 1.82) is 0 Å². The fourth-order valence-corrected chi connectivity index (χ4v) is 5.15. The van der Waals surface area contributed by atoms with Gasteiger partial charge in [0.15, 0.2) is 0 Å². The van der Waals surface area contributed by atoms with Crippen LogP contribution in [-0.4, -0.2) is 9.38 Å². The summed E-state index contributed by atoms with van der Waals surface area (Å²) in [5.41, 5.74) is 9.15. The molecule has 0 spiro atoms. The Morgan fingerprint density at radius 3 is 2.25 bits per heavy atom. The first-order valence-electron chi connectivity index (χ1n) is 12.1. The van der Waals surface area contributed by atoms with E-state index < -0.39 is 0 Å². The minimum absolute atomic E-state index is 0.166. The first-order valence-corrected chi connectivity index (χ1v) is 12.1. The maximum Gasteiger partial charge on any atom is 0.140 e. The van der Waals surface area contributed by atoms with Crippen LogP contribution in [0.5, 0.6) is 0 Å². The highest BCUT2D eigenvalue weighted by Gasteiger charge is 2.16. The van der Waals surface area contributed by atoms with Crippen molar-refractivity contribution in [2.45, 2.75) is 70.6 Å². The molecule has 32 heavy (non-hydrogen) atoms. The summed E-state index contributed by atoms with van der Waals surface area (Å²) in [6.45, 7) is 6.77. The van der Waals surface area contributed by atoms with Gasteiger partial charge in [0.05, 0.1) is 5.69 Å². The average molecular weight is 423 g/mol. The molecule has 0 atom stereocenters. The van der Waals surface area contributed by atoms with Gasteiger partial charge in [-0.2, -0.15) is 0 Å². The fraction of sp³-hybridized carbons (Fsp3) is 0.367. The van der Waals surface area contributed by atoms with Crippen LogP contribution in [-0.2, 0) is 11.8 Å². The van der Waals surface area contributed by atoms with Crippen molar-refractivity contribution in [3.8, 4) is 11.3 Å². The molecular weight excluding hydrogens is 388 g/mol. The molecule has 2 aromatic carbocycles. The third-order valence-corrected chi connectivity index (χ3v) is 7.13. The first-order chi connectivity index (χ1) is 15.5. The summed E-state index contributed by atoms with van der Waals surface area (Å²) in [4.78, 5) is 4.71. The van der Waals surface area contributed by atoms with Crippen LogP contribution >= 0.6 is 0 Å². The molecule has 0 saturated heterocycles. The van der Waals surface area contributed by atoms with Crippen molar-refractivity contribution in [2.24, 2.45) is 0 Å². The first kappa shape index (κ1) is 21.0. The van der Waals surface area contributed by atoms with E-state index in [2.05, 4.69) is 92.0 Å². The molecule has 0 aliphatic heterocycles. The molecule has 0 N–H and O–H groups in total. The average Bonchev–Trinajstić information content (AvgIpc) is 3.30. The second-order valence-electron chi connectivity index (χ2n) is 10.4. The molecule has 0 bridgehead atoms. The lowest BCUT2D eigenvalue weighted by Gasteiger charge is -2.22. The molecule has 2 aromatic heterocycles. The number of fused-ring (bicyclic) bond motifs is 1. The second kappa shape index (κ2) is 8.58. The van der Waals surface area contributed by atoms with E-state index in [4.69, 9.17) is 4.98 Å². The molecule has 164 valence electrons. The largest absolute Gasteiger partial charge is 0.299 e. The number of hydrogen-bond donors (Lipinski definition) is 0.